The zero-order valence-corrected chi connectivity index (χ0v) is 15.1. The van der Waals surface area contributed by atoms with Crippen LogP contribution in [0.25, 0.3) is 0 Å². The van der Waals surface area contributed by atoms with E-state index in [-0.39, 0.29) is 11.7 Å². The van der Waals surface area contributed by atoms with Gasteiger partial charge in [0.1, 0.15) is 5.82 Å². The maximum absolute atomic E-state index is 13.0. The minimum Gasteiger partial charge on any atom is -0.368 e. The van der Waals surface area contributed by atoms with Crippen molar-refractivity contribution in [3.63, 3.8) is 0 Å². The molecule has 25 heavy (non-hydrogen) atoms. The lowest BCUT2D eigenvalue weighted by atomic mass is 10.1. The van der Waals surface area contributed by atoms with Gasteiger partial charge in [-0.2, -0.15) is 0 Å². The van der Waals surface area contributed by atoms with E-state index >= 15 is 0 Å². The highest BCUT2D eigenvalue weighted by Gasteiger charge is 2.21. The molecule has 4 nitrogen and oxygen atoms in total. The SMILES string of the molecule is O=C(CCNC1CCCCCC1)N1CCN(c2ccc(F)cc2)CC1. The third kappa shape index (κ3) is 5.43. The van der Waals surface area contributed by atoms with Crippen LogP contribution in [0.2, 0.25) is 0 Å². The molecule has 0 aromatic heterocycles. The molecule has 0 spiro atoms. The van der Waals surface area contributed by atoms with E-state index in [0.717, 1.165) is 38.4 Å². The molecule has 0 atom stereocenters. The van der Waals surface area contributed by atoms with Gasteiger partial charge in [0.15, 0.2) is 0 Å². The van der Waals surface area contributed by atoms with Crippen molar-refractivity contribution in [2.45, 2.75) is 51.0 Å². The number of carbonyl (C=O) groups excluding carboxylic acids is 1. The average molecular weight is 347 g/mol. The third-order valence-electron chi connectivity index (χ3n) is 5.45. The van der Waals surface area contributed by atoms with Gasteiger partial charge in [0.05, 0.1) is 0 Å². The van der Waals surface area contributed by atoms with E-state index in [1.807, 2.05) is 17.0 Å². The normalized spacial score (nSPS) is 19.7. The van der Waals surface area contributed by atoms with Crippen LogP contribution in [0.15, 0.2) is 24.3 Å². The molecule has 1 amide bonds. The number of piperazine rings is 1. The molecule has 5 heteroatoms. The number of nitrogens with one attached hydrogen (secondary N) is 1. The maximum atomic E-state index is 13.0. The van der Waals surface area contributed by atoms with Crippen LogP contribution in [0.4, 0.5) is 10.1 Å². The minimum absolute atomic E-state index is 0.210. The molecule has 3 rings (SSSR count). The molecule has 138 valence electrons. The molecular weight excluding hydrogens is 317 g/mol. The smallest absolute Gasteiger partial charge is 0.223 e. The first-order valence-electron chi connectivity index (χ1n) is 9.74. The number of amides is 1. The molecule has 1 aromatic rings. The molecule has 0 unspecified atom stereocenters. The van der Waals surface area contributed by atoms with Crippen molar-refractivity contribution in [3.05, 3.63) is 30.1 Å². The number of hydrogen-bond acceptors (Lipinski definition) is 3. The van der Waals surface area contributed by atoms with E-state index in [1.54, 1.807) is 0 Å². The van der Waals surface area contributed by atoms with Gasteiger partial charge in [-0.15, -0.1) is 0 Å². The second kappa shape index (κ2) is 9.18. The quantitative estimate of drug-likeness (QED) is 0.831. The highest BCUT2D eigenvalue weighted by Crippen LogP contribution is 2.18. The fraction of sp³-hybridized carbons (Fsp3) is 0.650. The first-order valence-corrected chi connectivity index (χ1v) is 9.74. The fourth-order valence-corrected chi connectivity index (χ4v) is 3.89. The van der Waals surface area contributed by atoms with Crippen molar-refractivity contribution in [2.75, 3.05) is 37.6 Å². The van der Waals surface area contributed by atoms with Gasteiger partial charge in [-0.05, 0) is 37.1 Å². The Balaban J connectivity index is 1.37. The van der Waals surface area contributed by atoms with Crippen molar-refractivity contribution >= 4 is 11.6 Å². The van der Waals surface area contributed by atoms with Crippen LogP contribution in [0.5, 0.6) is 0 Å². The Bertz CT molecular complexity index is 532. The monoisotopic (exact) mass is 347 g/mol. The van der Waals surface area contributed by atoms with Gasteiger partial charge < -0.3 is 15.1 Å². The van der Waals surface area contributed by atoms with Gasteiger partial charge in [-0.3, -0.25) is 4.79 Å². The fourth-order valence-electron chi connectivity index (χ4n) is 3.89. The Hall–Kier alpha value is -1.62. The molecule has 1 aliphatic heterocycles. The highest BCUT2D eigenvalue weighted by atomic mass is 19.1. The number of anilines is 1. The summed E-state index contributed by atoms with van der Waals surface area (Å²) in [4.78, 5) is 16.6. The summed E-state index contributed by atoms with van der Waals surface area (Å²) in [6.07, 6.45) is 8.45. The van der Waals surface area contributed by atoms with E-state index in [1.165, 1.54) is 50.7 Å². The molecule has 1 saturated carbocycles. The van der Waals surface area contributed by atoms with E-state index in [0.29, 0.717) is 12.5 Å². The van der Waals surface area contributed by atoms with Crippen molar-refractivity contribution in [1.29, 1.82) is 0 Å². The molecule has 1 N–H and O–H groups in total. The van der Waals surface area contributed by atoms with Crippen LogP contribution in [-0.2, 0) is 4.79 Å². The van der Waals surface area contributed by atoms with E-state index in [2.05, 4.69) is 10.2 Å². The minimum atomic E-state index is -0.210. The largest absolute Gasteiger partial charge is 0.368 e. The van der Waals surface area contributed by atoms with Gasteiger partial charge in [0, 0.05) is 50.9 Å². The highest BCUT2D eigenvalue weighted by molar-refractivity contribution is 5.76. The Morgan fingerprint density at radius 3 is 2.28 bits per heavy atom. The maximum Gasteiger partial charge on any atom is 0.223 e. The molecule has 2 fully saturated rings. The van der Waals surface area contributed by atoms with Crippen molar-refractivity contribution in [3.8, 4) is 0 Å². The lowest BCUT2D eigenvalue weighted by Crippen LogP contribution is -2.49. The lowest BCUT2D eigenvalue weighted by Gasteiger charge is -2.36. The number of benzene rings is 1. The van der Waals surface area contributed by atoms with E-state index < -0.39 is 0 Å². The molecule has 2 aliphatic rings. The number of carbonyl (C=O) groups is 1. The van der Waals surface area contributed by atoms with E-state index in [4.69, 9.17) is 0 Å². The Labute approximate surface area is 150 Å². The van der Waals surface area contributed by atoms with Crippen molar-refractivity contribution in [2.24, 2.45) is 0 Å². The molecule has 1 aliphatic carbocycles. The number of hydrogen-bond donors (Lipinski definition) is 1. The Morgan fingerprint density at radius 2 is 1.64 bits per heavy atom. The summed E-state index contributed by atoms with van der Waals surface area (Å²) in [6, 6.07) is 7.20. The standard InChI is InChI=1S/C20H30FN3O/c21-17-7-9-19(10-8-17)23-13-15-24(16-14-23)20(25)11-12-22-18-5-3-1-2-4-6-18/h7-10,18,22H,1-6,11-16H2. The van der Waals surface area contributed by atoms with Crippen molar-refractivity contribution in [1.82, 2.24) is 10.2 Å². The summed E-state index contributed by atoms with van der Waals surface area (Å²) in [5.74, 6) is 0.0404. The molecule has 1 aromatic carbocycles. The third-order valence-corrected chi connectivity index (χ3v) is 5.45. The molecule has 1 heterocycles. The van der Waals surface area contributed by atoms with Gasteiger partial charge in [-0.1, -0.05) is 25.7 Å². The summed E-state index contributed by atoms with van der Waals surface area (Å²) in [6.45, 7) is 3.92. The predicted molar refractivity (Wildman–Crippen MR) is 99.3 cm³/mol. The van der Waals surface area contributed by atoms with Crippen LogP contribution in [0.3, 0.4) is 0 Å². The predicted octanol–water partition coefficient (Wildman–Crippen LogP) is 3.18. The van der Waals surface area contributed by atoms with Gasteiger partial charge in [0.25, 0.3) is 0 Å². The topological polar surface area (TPSA) is 35.6 Å². The first-order chi connectivity index (χ1) is 12.2. The number of rotatable bonds is 5. The number of halogens is 1. The molecule has 0 radical (unpaired) electrons. The van der Waals surface area contributed by atoms with Crippen molar-refractivity contribution < 1.29 is 9.18 Å². The average Bonchev–Trinajstić information content (AvgIpc) is 2.91. The Morgan fingerprint density at radius 1 is 1.00 bits per heavy atom. The zero-order chi connectivity index (χ0) is 17.5. The van der Waals surface area contributed by atoms with Gasteiger partial charge in [-0.25, -0.2) is 4.39 Å². The van der Waals surface area contributed by atoms with Crippen LogP contribution in [0.1, 0.15) is 44.9 Å². The second-order valence-electron chi connectivity index (χ2n) is 7.24. The van der Waals surface area contributed by atoms with Crippen LogP contribution in [0, 0.1) is 5.82 Å². The lowest BCUT2D eigenvalue weighted by molar-refractivity contribution is -0.131. The van der Waals surface area contributed by atoms with Crippen LogP contribution >= 0.6 is 0 Å². The summed E-state index contributed by atoms with van der Waals surface area (Å²) >= 11 is 0. The molecule has 0 bridgehead atoms. The second-order valence-corrected chi connectivity index (χ2v) is 7.24. The summed E-state index contributed by atoms with van der Waals surface area (Å²) in [7, 11) is 0. The van der Waals surface area contributed by atoms with Crippen LogP contribution < -0.4 is 10.2 Å². The molecule has 1 saturated heterocycles. The van der Waals surface area contributed by atoms with Gasteiger partial charge in [0.2, 0.25) is 5.91 Å². The van der Waals surface area contributed by atoms with E-state index in [9.17, 15) is 9.18 Å². The first kappa shape index (κ1) is 18.2. The summed E-state index contributed by atoms with van der Waals surface area (Å²) < 4.78 is 13.0. The molecular formula is C20H30FN3O. The summed E-state index contributed by atoms with van der Waals surface area (Å²) in [5, 5.41) is 3.58. The zero-order valence-electron chi connectivity index (χ0n) is 15.1. The van der Waals surface area contributed by atoms with Crippen LogP contribution in [-0.4, -0.2) is 49.6 Å². The number of nitrogens with zero attached hydrogens (tertiary/aromatic N) is 2. The summed E-state index contributed by atoms with van der Waals surface area (Å²) in [5.41, 5.74) is 1.03. The Kier molecular flexibility index (Phi) is 6.68. The van der Waals surface area contributed by atoms with Gasteiger partial charge >= 0.3 is 0 Å².